The van der Waals surface area contributed by atoms with E-state index in [1.807, 2.05) is 11.8 Å². The summed E-state index contributed by atoms with van der Waals surface area (Å²) in [6, 6.07) is 10.8. The second-order valence-corrected chi connectivity index (χ2v) is 9.16. The zero-order valence-corrected chi connectivity index (χ0v) is 18.8. The number of carbonyl (C=O) groups excluding carboxylic acids is 1. The number of nitrogens with one attached hydrogen (secondary N) is 1. The number of likely N-dealkylation sites (tertiary alicyclic amines) is 2. The predicted molar refractivity (Wildman–Crippen MR) is 124 cm³/mol. The molecule has 2 atom stereocenters. The maximum absolute atomic E-state index is 13.0. The van der Waals surface area contributed by atoms with Crippen molar-refractivity contribution in [2.45, 2.75) is 13.3 Å². The van der Waals surface area contributed by atoms with Crippen LogP contribution in [0.1, 0.15) is 27.9 Å². The molecule has 0 bridgehead atoms. The molecular weight excluding hydrogens is 416 g/mol. The Balaban J connectivity index is 1.35. The van der Waals surface area contributed by atoms with Crippen LogP contribution in [0.3, 0.4) is 0 Å². The van der Waals surface area contributed by atoms with Gasteiger partial charge in [-0.2, -0.15) is 5.26 Å². The predicted octanol–water partition coefficient (Wildman–Crippen LogP) is 2.43. The minimum atomic E-state index is -0.234. The van der Waals surface area contributed by atoms with Crippen molar-refractivity contribution in [2.24, 2.45) is 11.8 Å². The minimum absolute atomic E-state index is 0.00483. The summed E-state index contributed by atoms with van der Waals surface area (Å²) in [7, 11) is 2.14. The molecule has 33 heavy (non-hydrogen) atoms. The molecule has 1 N–H and O–H groups in total. The Kier molecular flexibility index (Phi) is 5.35. The Morgan fingerprint density at radius 2 is 1.97 bits per heavy atom. The van der Waals surface area contributed by atoms with Gasteiger partial charge in [-0.25, -0.2) is 9.67 Å². The van der Waals surface area contributed by atoms with E-state index in [2.05, 4.69) is 28.1 Å². The number of nitriles is 1. The van der Waals surface area contributed by atoms with Crippen molar-refractivity contribution >= 4 is 5.91 Å². The highest BCUT2D eigenvalue weighted by molar-refractivity contribution is 5.94. The quantitative estimate of drug-likeness (QED) is 0.672. The highest BCUT2D eigenvalue weighted by Gasteiger charge is 2.37. The van der Waals surface area contributed by atoms with E-state index in [1.165, 1.54) is 4.68 Å². The van der Waals surface area contributed by atoms with Gasteiger partial charge in [-0.15, -0.1) is 0 Å². The summed E-state index contributed by atoms with van der Waals surface area (Å²) >= 11 is 0. The number of aryl methyl sites for hydroxylation is 1. The lowest BCUT2D eigenvalue weighted by atomic mass is 9.88. The number of aromatic amines is 1. The van der Waals surface area contributed by atoms with Crippen molar-refractivity contribution in [3.8, 4) is 23.0 Å². The molecule has 1 aromatic carbocycles. The van der Waals surface area contributed by atoms with Gasteiger partial charge < -0.3 is 9.80 Å². The summed E-state index contributed by atoms with van der Waals surface area (Å²) in [4.78, 5) is 34.7. The Hall–Kier alpha value is -3.70. The van der Waals surface area contributed by atoms with Gasteiger partial charge in [-0.1, -0.05) is 6.07 Å². The number of rotatable bonds is 3. The van der Waals surface area contributed by atoms with Crippen LogP contribution in [-0.4, -0.2) is 63.7 Å². The highest BCUT2D eigenvalue weighted by Crippen LogP contribution is 2.31. The molecule has 0 spiro atoms. The zero-order valence-electron chi connectivity index (χ0n) is 18.8. The Morgan fingerprint density at radius 3 is 2.70 bits per heavy atom. The van der Waals surface area contributed by atoms with Crippen LogP contribution in [-0.2, 0) is 0 Å². The van der Waals surface area contributed by atoms with E-state index in [0.717, 1.165) is 43.7 Å². The summed E-state index contributed by atoms with van der Waals surface area (Å²) in [5.41, 5.74) is 2.97. The summed E-state index contributed by atoms with van der Waals surface area (Å²) in [6.07, 6.45) is 4.23. The summed E-state index contributed by atoms with van der Waals surface area (Å²) in [5, 5.41) is 12.0. The van der Waals surface area contributed by atoms with Crippen LogP contribution in [0, 0.1) is 30.1 Å². The molecule has 168 valence electrons. The van der Waals surface area contributed by atoms with E-state index in [1.54, 1.807) is 42.7 Å². The fourth-order valence-electron chi connectivity index (χ4n) is 5.18. The molecule has 0 aliphatic carbocycles. The number of pyridine rings is 1. The van der Waals surface area contributed by atoms with Gasteiger partial charge >= 0.3 is 0 Å². The number of carbonyl (C=O) groups is 1. The van der Waals surface area contributed by atoms with Crippen LogP contribution in [0.2, 0.25) is 0 Å². The van der Waals surface area contributed by atoms with Gasteiger partial charge in [0.05, 0.1) is 22.8 Å². The third-order valence-corrected chi connectivity index (χ3v) is 6.91. The second kappa shape index (κ2) is 8.34. The largest absolute Gasteiger partial charge is 0.338 e. The second-order valence-electron chi connectivity index (χ2n) is 9.16. The fraction of sp³-hybridized carbons (Fsp3) is 0.360. The first-order chi connectivity index (χ1) is 15.9. The van der Waals surface area contributed by atoms with E-state index < -0.39 is 0 Å². The van der Waals surface area contributed by atoms with Gasteiger partial charge in [-0.3, -0.25) is 14.7 Å². The lowest BCUT2D eigenvalue weighted by Gasteiger charge is -2.34. The third-order valence-electron chi connectivity index (χ3n) is 6.91. The van der Waals surface area contributed by atoms with E-state index in [0.29, 0.717) is 34.3 Å². The Bertz CT molecular complexity index is 1300. The molecule has 5 rings (SSSR count). The van der Waals surface area contributed by atoms with Crippen LogP contribution >= 0.6 is 0 Å². The molecule has 8 heteroatoms. The normalized spacial score (nSPS) is 20.5. The molecule has 2 aromatic heterocycles. The van der Waals surface area contributed by atoms with Crippen molar-refractivity contribution in [1.29, 1.82) is 5.26 Å². The Morgan fingerprint density at radius 1 is 1.15 bits per heavy atom. The van der Waals surface area contributed by atoms with Crippen molar-refractivity contribution in [3.05, 3.63) is 69.8 Å². The number of hydrogen-bond donors (Lipinski definition) is 1. The molecule has 4 heterocycles. The average molecular weight is 443 g/mol. The molecule has 0 radical (unpaired) electrons. The summed E-state index contributed by atoms with van der Waals surface area (Å²) in [6.45, 7) is 5.61. The first kappa shape index (κ1) is 21.2. The van der Waals surface area contributed by atoms with Gasteiger partial charge in [-0.05, 0) is 67.6 Å². The molecular formula is C25H26N6O2. The van der Waals surface area contributed by atoms with Crippen LogP contribution in [0.25, 0.3) is 16.9 Å². The third kappa shape index (κ3) is 3.85. The standard InChI is InChI=1S/C25H26N6O2/c1-16-9-17(10-26)3-5-21(16)22-12-28-31(25(22)33)23-6-4-18(11-27-23)24(32)30-8-7-19-13-29(2)14-20(19)15-30/h3-6,9,11-12,19-20,28H,7-8,13-15H2,1-2H3/t19-,20-/m1/s1. The lowest BCUT2D eigenvalue weighted by molar-refractivity contribution is 0.0641. The Labute approximate surface area is 192 Å². The van der Waals surface area contributed by atoms with Crippen molar-refractivity contribution in [2.75, 3.05) is 33.2 Å². The highest BCUT2D eigenvalue weighted by atomic mass is 16.2. The number of benzene rings is 1. The molecule has 2 aliphatic rings. The van der Waals surface area contributed by atoms with Crippen LogP contribution in [0.5, 0.6) is 0 Å². The van der Waals surface area contributed by atoms with E-state index >= 15 is 0 Å². The number of fused-ring (bicyclic) bond motifs is 1. The molecule has 0 saturated carbocycles. The number of hydrogen-bond acceptors (Lipinski definition) is 5. The molecule has 1 amide bonds. The lowest BCUT2D eigenvalue weighted by Crippen LogP contribution is -2.43. The maximum atomic E-state index is 13.0. The minimum Gasteiger partial charge on any atom is -0.338 e. The SMILES string of the molecule is Cc1cc(C#N)ccc1-c1c[nH]n(-c2ccc(C(=O)N3CC[C@@H]4CN(C)C[C@@H]4C3)cn2)c1=O. The van der Waals surface area contributed by atoms with Gasteiger partial charge in [0.2, 0.25) is 0 Å². The van der Waals surface area contributed by atoms with Crippen molar-refractivity contribution < 1.29 is 4.79 Å². The van der Waals surface area contributed by atoms with E-state index in [-0.39, 0.29) is 11.5 Å². The smallest absolute Gasteiger partial charge is 0.280 e. The molecule has 2 saturated heterocycles. The molecule has 2 aliphatic heterocycles. The number of piperidine rings is 1. The summed E-state index contributed by atoms with van der Waals surface area (Å²) in [5.74, 6) is 1.65. The van der Waals surface area contributed by atoms with Crippen LogP contribution in [0.15, 0.2) is 47.5 Å². The first-order valence-electron chi connectivity index (χ1n) is 11.2. The van der Waals surface area contributed by atoms with Crippen molar-refractivity contribution in [1.82, 2.24) is 24.6 Å². The number of aromatic nitrogens is 3. The van der Waals surface area contributed by atoms with Gasteiger partial charge in [0, 0.05) is 38.6 Å². The first-order valence-corrected chi connectivity index (χ1v) is 11.2. The molecule has 3 aromatic rings. The zero-order chi connectivity index (χ0) is 23.1. The van der Waals surface area contributed by atoms with Gasteiger partial charge in [0.25, 0.3) is 11.5 Å². The maximum Gasteiger partial charge on any atom is 0.280 e. The monoisotopic (exact) mass is 442 g/mol. The van der Waals surface area contributed by atoms with E-state index in [4.69, 9.17) is 5.26 Å². The van der Waals surface area contributed by atoms with E-state index in [9.17, 15) is 9.59 Å². The van der Waals surface area contributed by atoms with Crippen molar-refractivity contribution in [3.63, 3.8) is 0 Å². The number of amides is 1. The number of H-pyrrole nitrogens is 1. The van der Waals surface area contributed by atoms with Gasteiger partial charge in [0.1, 0.15) is 0 Å². The number of nitrogens with zero attached hydrogens (tertiary/aromatic N) is 5. The van der Waals surface area contributed by atoms with Crippen LogP contribution < -0.4 is 5.56 Å². The molecule has 8 nitrogen and oxygen atoms in total. The topological polar surface area (TPSA) is 98.0 Å². The average Bonchev–Trinajstić information content (AvgIpc) is 3.39. The van der Waals surface area contributed by atoms with Crippen LogP contribution in [0.4, 0.5) is 0 Å². The van der Waals surface area contributed by atoms with Gasteiger partial charge in [0.15, 0.2) is 5.82 Å². The molecule has 0 unspecified atom stereocenters. The fourth-order valence-corrected chi connectivity index (χ4v) is 5.18. The summed E-state index contributed by atoms with van der Waals surface area (Å²) < 4.78 is 1.36. The molecule has 2 fully saturated rings.